The molecule has 2 aliphatic rings. The van der Waals surface area contributed by atoms with Gasteiger partial charge in [-0.3, -0.25) is 4.79 Å². The van der Waals surface area contributed by atoms with Gasteiger partial charge in [-0.15, -0.1) is 0 Å². The number of hydrogen-bond acceptors (Lipinski definition) is 3. The van der Waals surface area contributed by atoms with Gasteiger partial charge in [0.05, 0.1) is 12.7 Å². The fraction of sp³-hybridized carbons (Fsp3) is 0.938. The Morgan fingerprint density at radius 1 is 1.10 bits per heavy atom. The number of hydrogen-bond donors (Lipinski definition) is 1. The first kappa shape index (κ1) is 15.8. The lowest BCUT2D eigenvalue weighted by atomic mass is 9.93. The molecule has 1 saturated carbocycles. The van der Waals surface area contributed by atoms with Crippen molar-refractivity contribution in [2.45, 2.75) is 76.4 Å². The number of carbonyl (C=O) groups excluding carboxylic acids is 1. The minimum Gasteiger partial charge on any atom is -0.395 e. The van der Waals surface area contributed by atoms with E-state index in [4.69, 9.17) is 4.74 Å². The summed E-state index contributed by atoms with van der Waals surface area (Å²) in [6.45, 7) is 1.42. The average molecular weight is 283 g/mol. The minimum absolute atomic E-state index is 0.0716. The Kier molecular flexibility index (Phi) is 6.80. The number of amides is 1. The average Bonchev–Trinajstić information content (AvgIpc) is 2.52. The topological polar surface area (TPSA) is 49.8 Å². The highest BCUT2D eigenvalue weighted by atomic mass is 16.5. The molecule has 1 atom stereocenters. The fourth-order valence-electron chi connectivity index (χ4n) is 3.47. The zero-order valence-electron chi connectivity index (χ0n) is 12.6. The molecular weight excluding hydrogens is 254 g/mol. The van der Waals surface area contributed by atoms with Gasteiger partial charge in [0.2, 0.25) is 5.91 Å². The quantitative estimate of drug-likeness (QED) is 0.815. The van der Waals surface area contributed by atoms with Crippen molar-refractivity contribution in [3.05, 3.63) is 0 Å². The molecular formula is C16H29NO3. The van der Waals surface area contributed by atoms with Gasteiger partial charge in [-0.25, -0.2) is 0 Å². The molecule has 116 valence electrons. The van der Waals surface area contributed by atoms with Gasteiger partial charge in [-0.05, 0) is 38.5 Å². The Bertz CT molecular complexity index is 283. The molecule has 1 heterocycles. The lowest BCUT2D eigenvalue weighted by molar-refractivity contribution is -0.135. The van der Waals surface area contributed by atoms with Crippen molar-refractivity contribution in [1.82, 2.24) is 4.90 Å². The molecule has 0 aromatic rings. The number of aliphatic hydroxyl groups is 1. The molecule has 1 saturated heterocycles. The van der Waals surface area contributed by atoms with Crippen LogP contribution in [-0.4, -0.2) is 47.8 Å². The molecule has 20 heavy (non-hydrogen) atoms. The highest BCUT2D eigenvalue weighted by Gasteiger charge is 2.25. The Labute approximate surface area is 122 Å². The van der Waals surface area contributed by atoms with E-state index < -0.39 is 0 Å². The summed E-state index contributed by atoms with van der Waals surface area (Å²) in [4.78, 5) is 14.4. The predicted molar refractivity (Wildman–Crippen MR) is 78.5 cm³/mol. The van der Waals surface area contributed by atoms with Crippen LogP contribution in [0, 0.1) is 0 Å². The summed E-state index contributed by atoms with van der Waals surface area (Å²) in [5, 5.41) is 9.21. The summed E-state index contributed by atoms with van der Waals surface area (Å²) in [5.74, 6) is 0.208. The summed E-state index contributed by atoms with van der Waals surface area (Å²) >= 11 is 0. The van der Waals surface area contributed by atoms with Crippen LogP contribution in [0.3, 0.4) is 0 Å². The van der Waals surface area contributed by atoms with Gasteiger partial charge in [0.15, 0.2) is 0 Å². The normalized spacial score (nSPS) is 24.6. The SMILES string of the molecule is O=C(CCC1CCCCO1)N(CCO)C1CCCCC1. The Morgan fingerprint density at radius 2 is 1.85 bits per heavy atom. The molecule has 2 rings (SSSR count). The van der Waals surface area contributed by atoms with Crippen LogP contribution in [0.2, 0.25) is 0 Å². The maximum absolute atomic E-state index is 12.4. The van der Waals surface area contributed by atoms with Gasteiger partial charge >= 0.3 is 0 Å². The first-order valence-electron chi connectivity index (χ1n) is 8.33. The fourth-order valence-corrected chi connectivity index (χ4v) is 3.47. The molecule has 4 heteroatoms. The van der Waals surface area contributed by atoms with E-state index in [0.29, 0.717) is 19.0 Å². The Morgan fingerprint density at radius 3 is 2.50 bits per heavy atom. The molecule has 1 aliphatic heterocycles. The third kappa shape index (κ3) is 4.74. The molecule has 4 nitrogen and oxygen atoms in total. The smallest absolute Gasteiger partial charge is 0.222 e. The lowest BCUT2D eigenvalue weighted by Gasteiger charge is -2.34. The number of carbonyl (C=O) groups is 1. The molecule has 0 radical (unpaired) electrons. The van der Waals surface area contributed by atoms with Crippen molar-refractivity contribution in [3.8, 4) is 0 Å². The van der Waals surface area contributed by atoms with E-state index in [1.807, 2.05) is 4.90 Å². The molecule has 2 fully saturated rings. The second kappa shape index (κ2) is 8.63. The van der Waals surface area contributed by atoms with E-state index in [1.165, 1.54) is 25.7 Å². The van der Waals surface area contributed by atoms with Crippen LogP contribution in [0.15, 0.2) is 0 Å². The van der Waals surface area contributed by atoms with Crippen molar-refractivity contribution in [1.29, 1.82) is 0 Å². The molecule has 1 N–H and O–H groups in total. The third-order valence-corrected chi connectivity index (χ3v) is 4.63. The van der Waals surface area contributed by atoms with Crippen LogP contribution in [-0.2, 0) is 9.53 Å². The van der Waals surface area contributed by atoms with Crippen molar-refractivity contribution >= 4 is 5.91 Å². The van der Waals surface area contributed by atoms with Crippen molar-refractivity contribution < 1.29 is 14.6 Å². The van der Waals surface area contributed by atoms with Gasteiger partial charge < -0.3 is 14.7 Å². The highest BCUT2D eigenvalue weighted by molar-refractivity contribution is 5.76. The highest BCUT2D eigenvalue weighted by Crippen LogP contribution is 2.24. The molecule has 1 unspecified atom stereocenters. The molecule has 0 bridgehead atoms. The predicted octanol–water partition coefficient (Wildman–Crippen LogP) is 2.49. The van der Waals surface area contributed by atoms with E-state index in [2.05, 4.69) is 0 Å². The van der Waals surface area contributed by atoms with Crippen molar-refractivity contribution in [3.63, 3.8) is 0 Å². The molecule has 0 aromatic carbocycles. The van der Waals surface area contributed by atoms with E-state index in [0.717, 1.165) is 38.7 Å². The second-order valence-corrected chi connectivity index (χ2v) is 6.13. The van der Waals surface area contributed by atoms with E-state index in [-0.39, 0.29) is 18.6 Å². The van der Waals surface area contributed by atoms with Crippen LogP contribution in [0.4, 0.5) is 0 Å². The number of aliphatic hydroxyl groups excluding tert-OH is 1. The number of ether oxygens (including phenoxy) is 1. The van der Waals surface area contributed by atoms with Gasteiger partial charge in [0.1, 0.15) is 0 Å². The summed E-state index contributed by atoms with van der Waals surface area (Å²) in [5.41, 5.74) is 0. The molecule has 0 aromatic heterocycles. The lowest BCUT2D eigenvalue weighted by Crippen LogP contribution is -2.43. The largest absolute Gasteiger partial charge is 0.395 e. The first-order chi connectivity index (χ1) is 9.81. The summed E-state index contributed by atoms with van der Waals surface area (Å²) in [7, 11) is 0. The zero-order valence-corrected chi connectivity index (χ0v) is 12.6. The van der Waals surface area contributed by atoms with Gasteiger partial charge in [0, 0.05) is 25.6 Å². The molecule has 1 amide bonds. The van der Waals surface area contributed by atoms with E-state index in [9.17, 15) is 9.90 Å². The van der Waals surface area contributed by atoms with Crippen molar-refractivity contribution in [2.24, 2.45) is 0 Å². The van der Waals surface area contributed by atoms with Crippen molar-refractivity contribution in [2.75, 3.05) is 19.8 Å². The molecule has 0 spiro atoms. The summed E-state index contributed by atoms with van der Waals surface area (Å²) in [6.07, 6.45) is 11.1. The number of rotatable bonds is 6. The third-order valence-electron chi connectivity index (χ3n) is 4.63. The maximum Gasteiger partial charge on any atom is 0.222 e. The second-order valence-electron chi connectivity index (χ2n) is 6.13. The van der Waals surface area contributed by atoms with Crippen LogP contribution in [0.1, 0.15) is 64.2 Å². The standard InChI is InChI=1S/C16H29NO3/c18-12-11-17(14-6-2-1-3-7-14)16(19)10-9-15-8-4-5-13-20-15/h14-15,18H,1-13H2. The Hall–Kier alpha value is -0.610. The van der Waals surface area contributed by atoms with E-state index in [1.54, 1.807) is 0 Å². The van der Waals surface area contributed by atoms with Gasteiger partial charge in [-0.1, -0.05) is 19.3 Å². The van der Waals surface area contributed by atoms with Gasteiger partial charge in [-0.2, -0.15) is 0 Å². The van der Waals surface area contributed by atoms with E-state index >= 15 is 0 Å². The van der Waals surface area contributed by atoms with Crippen LogP contribution in [0.5, 0.6) is 0 Å². The van der Waals surface area contributed by atoms with Crippen LogP contribution >= 0.6 is 0 Å². The van der Waals surface area contributed by atoms with Gasteiger partial charge in [0.25, 0.3) is 0 Å². The van der Waals surface area contributed by atoms with Crippen LogP contribution < -0.4 is 0 Å². The number of nitrogens with zero attached hydrogens (tertiary/aromatic N) is 1. The minimum atomic E-state index is 0.0716. The molecule has 1 aliphatic carbocycles. The monoisotopic (exact) mass is 283 g/mol. The Balaban J connectivity index is 1.79. The zero-order chi connectivity index (χ0) is 14.2. The summed E-state index contributed by atoms with van der Waals surface area (Å²) < 4.78 is 5.69. The maximum atomic E-state index is 12.4. The summed E-state index contributed by atoms with van der Waals surface area (Å²) in [6, 6.07) is 0.357. The first-order valence-corrected chi connectivity index (χ1v) is 8.33. The van der Waals surface area contributed by atoms with Crippen LogP contribution in [0.25, 0.3) is 0 Å².